The van der Waals surface area contributed by atoms with Crippen LogP contribution in [0.3, 0.4) is 0 Å². The first-order valence-electron chi connectivity index (χ1n) is 11.4. The zero-order valence-corrected chi connectivity index (χ0v) is 17.8. The van der Waals surface area contributed by atoms with Gasteiger partial charge in [-0.3, -0.25) is 9.59 Å². The minimum Gasteiger partial charge on any atom is -0.368 e. The van der Waals surface area contributed by atoms with Crippen molar-refractivity contribution in [3.8, 4) is 0 Å². The lowest BCUT2D eigenvalue weighted by Crippen LogP contribution is -2.36. The molecule has 0 aromatic rings. The van der Waals surface area contributed by atoms with Crippen LogP contribution < -0.4 is 16.8 Å². The van der Waals surface area contributed by atoms with E-state index in [4.69, 9.17) is 11.5 Å². The highest BCUT2D eigenvalue weighted by molar-refractivity contribution is 5.79. The van der Waals surface area contributed by atoms with Crippen LogP contribution in [0, 0.1) is 0 Å². The van der Waals surface area contributed by atoms with E-state index in [9.17, 15) is 9.59 Å². The van der Waals surface area contributed by atoms with E-state index in [1.165, 1.54) is 70.6 Å². The maximum atomic E-state index is 11.7. The molecule has 2 amide bonds. The van der Waals surface area contributed by atoms with Gasteiger partial charge >= 0.3 is 0 Å². The molecule has 0 unspecified atom stereocenters. The number of unbranched alkanes of at least 4 members (excludes halogenated alkanes) is 13. The van der Waals surface area contributed by atoms with Crippen LogP contribution in [0.4, 0.5) is 0 Å². The molecule has 0 aliphatic rings. The first-order valence-corrected chi connectivity index (χ1v) is 11.4. The summed E-state index contributed by atoms with van der Waals surface area (Å²) in [5, 5.41) is 2.93. The lowest BCUT2D eigenvalue weighted by atomic mass is 10.0. The Labute approximate surface area is 167 Å². The summed E-state index contributed by atoms with van der Waals surface area (Å²) in [6.45, 7) is 2.92. The molecule has 5 heteroatoms. The van der Waals surface area contributed by atoms with Gasteiger partial charge in [0.15, 0.2) is 0 Å². The second-order valence-corrected chi connectivity index (χ2v) is 7.85. The standard InChI is InChI=1S/C22H45N3O2/c1-2-3-4-5-6-7-8-9-10-11-12-13-14-18-21(26)25-19-16-15-17-20(23)22(24)27/h20H,2-19,23H2,1H3,(H2,24,27)(H,25,26)/t20-/m0/s1. The van der Waals surface area contributed by atoms with Crippen LogP contribution in [0.25, 0.3) is 0 Å². The predicted octanol–water partition coefficient (Wildman–Crippen LogP) is 4.57. The molecule has 0 aromatic heterocycles. The highest BCUT2D eigenvalue weighted by Crippen LogP contribution is 2.12. The van der Waals surface area contributed by atoms with E-state index >= 15 is 0 Å². The number of hydrogen-bond donors (Lipinski definition) is 3. The number of carbonyl (C=O) groups is 2. The maximum absolute atomic E-state index is 11.7. The van der Waals surface area contributed by atoms with E-state index in [0.29, 0.717) is 19.4 Å². The molecule has 0 radical (unpaired) electrons. The Bertz CT molecular complexity index is 361. The van der Waals surface area contributed by atoms with E-state index in [0.717, 1.165) is 25.7 Å². The summed E-state index contributed by atoms with van der Waals surface area (Å²) in [4.78, 5) is 22.5. The molecule has 0 rings (SSSR count). The summed E-state index contributed by atoms with van der Waals surface area (Å²) in [6, 6.07) is -0.563. The lowest BCUT2D eigenvalue weighted by Gasteiger charge is -2.08. The average molecular weight is 384 g/mol. The molecule has 0 heterocycles. The third-order valence-corrected chi connectivity index (χ3v) is 5.14. The number of nitrogens with two attached hydrogens (primary N) is 2. The van der Waals surface area contributed by atoms with Crippen molar-refractivity contribution in [1.82, 2.24) is 5.32 Å². The molecular weight excluding hydrogens is 338 g/mol. The Kier molecular flexibility index (Phi) is 18.9. The molecule has 0 saturated heterocycles. The quantitative estimate of drug-likeness (QED) is 0.269. The van der Waals surface area contributed by atoms with Crippen molar-refractivity contribution < 1.29 is 9.59 Å². The minimum absolute atomic E-state index is 0.136. The summed E-state index contributed by atoms with van der Waals surface area (Å²) in [6.07, 6.45) is 20.0. The smallest absolute Gasteiger partial charge is 0.234 e. The first-order chi connectivity index (χ1) is 13.1. The molecule has 0 fully saturated rings. The van der Waals surface area contributed by atoms with Crippen molar-refractivity contribution in [3.63, 3.8) is 0 Å². The summed E-state index contributed by atoms with van der Waals surface area (Å²) >= 11 is 0. The molecule has 0 aliphatic heterocycles. The molecule has 5 nitrogen and oxygen atoms in total. The van der Waals surface area contributed by atoms with Gasteiger partial charge in [0, 0.05) is 13.0 Å². The van der Waals surface area contributed by atoms with E-state index in [2.05, 4.69) is 12.2 Å². The van der Waals surface area contributed by atoms with E-state index in [1.54, 1.807) is 0 Å². The van der Waals surface area contributed by atoms with Gasteiger partial charge in [0.1, 0.15) is 0 Å². The van der Waals surface area contributed by atoms with Crippen molar-refractivity contribution in [3.05, 3.63) is 0 Å². The largest absolute Gasteiger partial charge is 0.368 e. The van der Waals surface area contributed by atoms with Crippen molar-refractivity contribution in [1.29, 1.82) is 0 Å². The van der Waals surface area contributed by atoms with Gasteiger partial charge < -0.3 is 16.8 Å². The number of amides is 2. The molecule has 160 valence electrons. The van der Waals surface area contributed by atoms with E-state index < -0.39 is 11.9 Å². The fourth-order valence-electron chi connectivity index (χ4n) is 3.25. The van der Waals surface area contributed by atoms with Crippen molar-refractivity contribution in [2.75, 3.05) is 6.54 Å². The zero-order valence-electron chi connectivity index (χ0n) is 17.8. The van der Waals surface area contributed by atoms with Crippen LogP contribution in [0.2, 0.25) is 0 Å². The Morgan fingerprint density at radius 1 is 0.741 bits per heavy atom. The molecule has 0 aromatic carbocycles. The van der Waals surface area contributed by atoms with Crippen LogP contribution in [0.5, 0.6) is 0 Å². The molecule has 0 saturated carbocycles. The number of carbonyl (C=O) groups excluding carboxylic acids is 2. The van der Waals surface area contributed by atoms with Crippen LogP contribution >= 0.6 is 0 Å². The second-order valence-electron chi connectivity index (χ2n) is 7.85. The lowest BCUT2D eigenvalue weighted by molar-refractivity contribution is -0.121. The average Bonchev–Trinajstić information content (AvgIpc) is 2.64. The topological polar surface area (TPSA) is 98.2 Å². The van der Waals surface area contributed by atoms with Crippen LogP contribution in [-0.2, 0) is 9.59 Å². The predicted molar refractivity (Wildman–Crippen MR) is 114 cm³/mol. The number of hydrogen-bond acceptors (Lipinski definition) is 3. The second kappa shape index (κ2) is 19.7. The van der Waals surface area contributed by atoms with Crippen molar-refractivity contribution in [2.24, 2.45) is 11.5 Å². The van der Waals surface area contributed by atoms with E-state index in [-0.39, 0.29) is 5.91 Å². The number of rotatable bonds is 20. The normalized spacial score (nSPS) is 12.1. The van der Waals surface area contributed by atoms with Crippen molar-refractivity contribution in [2.45, 2.75) is 122 Å². The minimum atomic E-state index is -0.563. The highest BCUT2D eigenvalue weighted by Gasteiger charge is 2.08. The van der Waals surface area contributed by atoms with Gasteiger partial charge in [0.05, 0.1) is 6.04 Å². The molecule has 27 heavy (non-hydrogen) atoms. The van der Waals surface area contributed by atoms with Crippen molar-refractivity contribution >= 4 is 11.8 Å². The first kappa shape index (κ1) is 25.9. The van der Waals surface area contributed by atoms with E-state index in [1.807, 2.05) is 0 Å². The van der Waals surface area contributed by atoms with Crippen LogP contribution in [-0.4, -0.2) is 24.4 Å². The van der Waals surface area contributed by atoms with Gasteiger partial charge in [-0.1, -0.05) is 84.0 Å². The Hall–Kier alpha value is -1.10. The van der Waals surface area contributed by atoms with Gasteiger partial charge in [-0.25, -0.2) is 0 Å². The third-order valence-electron chi connectivity index (χ3n) is 5.14. The molecule has 0 spiro atoms. The summed E-state index contributed by atoms with van der Waals surface area (Å²) in [7, 11) is 0. The molecular formula is C22H45N3O2. The van der Waals surface area contributed by atoms with Gasteiger partial charge in [0.2, 0.25) is 11.8 Å². The summed E-state index contributed by atoms with van der Waals surface area (Å²) in [5.41, 5.74) is 10.7. The van der Waals surface area contributed by atoms with Gasteiger partial charge in [-0.15, -0.1) is 0 Å². The SMILES string of the molecule is CCCCCCCCCCCCCCCC(=O)NCCCC[C@H](N)C(N)=O. The number of primary amides is 1. The van der Waals surface area contributed by atoms with Gasteiger partial charge in [-0.05, 0) is 25.7 Å². The summed E-state index contributed by atoms with van der Waals surface area (Å²) in [5.74, 6) is -0.321. The number of nitrogens with one attached hydrogen (secondary N) is 1. The van der Waals surface area contributed by atoms with Gasteiger partial charge in [0.25, 0.3) is 0 Å². The molecule has 0 aliphatic carbocycles. The Morgan fingerprint density at radius 3 is 1.70 bits per heavy atom. The molecule has 5 N–H and O–H groups in total. The Morgan fingerprint density at radius 2 is 1.22 bits per heavy atom. The maximum Gasteiger partial charge on any atom is 0.234 e. The molecule has 0 bridgehead atoms. The van der Waals surface area contributed by atoms with Gasteiger partial charge in [-0.2, -0.15) is 0 Å². The fourth-order valence-corrected chi connectivity index (χ4v) is 3.25. The fraction of sp³-hybridized carbons (Fsp3) is 0.909. The summed E-state index contributed by atoms with van der Waals surface area (Å²) < 4.78 is 0. The Balaban J connectivity index is 3.22. The third kappa shape index (κ3) is 19.5. The molecule has 1 atom stereocenters. The monoisotopic (exact) mass is 383 g/mol. The zero-order chi connectivity index (χ0) is 20.2. The highest BCUT2D eigenvalue weighted by atomic mass is 16.2. The van der Waals surface area contributed by atoms with Crippen LogP contribution in [0.1, 0.15) is 116 Å². The van der Waals surface area contributed by atoms with Crippen LogP contribution in [0.15, 0.2) is 0 Å².